The lowest BCUT2D eigenvalue weighted by molar-refractivity contribution is -0.129. The van der Waals surface area contributed by atoms with Crippen molar-refractivity contribution in [2.24, 2.45) is 0 Å². The summed E-state index contributed by atoms with van der Waals surface area (Å²) in [6.45, 7) is -0.373. The average molecular weight is 462 g/mol. The summed E-state index contributed by atoms with van der Waals surface area (Å²) in [6.07, 6.45) is 3.34. The molecule has 0 unspecified atom stereocenters. The van der Waals surface area contributed by atoms with Gasteiger partial charge in [0.15, 0.2) is 15.0 Å². The molecule has 0 saturated carbocycles. The van der Waals surface area contributed by atoms with Gasteiger partial charge in [0, 0.05) is 6.20 Å². The Labute approximate surface area is 175 Å². The highest BCUT2D eigenvalue weighted by molar-refractivity contribution is 7.92. The van der Waals surface area contributed by atoms with Crippen LogP contribution in [0.25, 0.3) is 5.69 Å². The number of nitrogens with one attached hydrogen (secondary N) is 1. The summed E-state index contributed by atoms with van der Waals surface area (Å²) in [5.41, 5.74) is -0.443. The van der Waals surface area contributed by atoms with Crippen LogP contribution in [0.15, 0.2) is 30.7 Å². The minimum Gasteiger partial charge on any atom is -0.299 e. The molecular weight excluding hydrogens is 447 g/mol. The van der Waals surface area contributed by atoms with Crippen molar-refractivity contribution < 1.29 is 26.4 Å². The van der Waals surface area contributed by atoms with Gasteiger partial charge in [-0.3, -0.25) is 20.1 Å². The van der Waals surface area contributed by atoms with Gasteiger partial charge in [0.1, 0.15) is 11.4 Å². The third kappa shape index (κ3) is 6.30. The second kappa shape index (κ2) is 9.27. The normalized spacial score (nSPS) is 11.7. The number of halogens is 4. The molecule has 0 aliphatic rings. The highest BCUT2D eigenvalue weighted by Crippen LogP contribution is 2.26. The van der Waals surface area contributed by atoms with Crippen LogP contribution in [0.3, 0.4) is 0 Å². The number of sulfone groups is 1. The molecule has 0 aliphatic heterocycles. The number of nitrogens with zero attached hydrogens (tertiary/aromatic N) is 4. The van der Waals surface area contributed by atoms with E-state index in [-0.39, 0.29) is 17.4 Å². The first kappa shape index (κ1) is 23.4. The summed E-state index contributed by atoms with van der Waals surface area (Å²) in [7, 11) is -4.34. The Kier molecular flexibility index (Phi) is 7.22. The monoisotopic (exact) mass is 461 g/mol. The second-order valence-electron chi connectivity index (χ2n) is 5.99. The molecule has 2 aromatic rings. The van der Waals surface area contributed by atoms with Crippen LogP contribution in [-0.2, 0) is 14.6 Å². The molecule has 2 rings (SSSR count). The number of carbonyl (C=O) groups excluding carboxylic acids is 1. The first-order chi connectivity index (χ1) is 13.9. The Morgan fingerprint density at radius 3 is 2.67 bits per heavy atom. The zero-order valence-corrected chi connectivity index (χ0v) is 16.8. The standard InChI is InChI=1S/C17H15ClF3N5O3S/c1-2-7-25(14-10-26(24-15(14)18)12-4-3-6-23-9-12)16(27)13(22)11-30(28,29)8-5-17(19,20)21/h1,3-4,6,9-10,22H,5,7-8,11H2. The Hall–Kier alpha value is -2.91. The van der Waals surface area contributed by atoms with Gasteiger partial charge in [-0.25, -0.2) is 13.1 Å². The molecule has 0 radical (unpaired) electrons. The molecule has 0 fully saturated rings. The molecule has 2 heterocycles. The molecule has 1 amide bonds. The molecule has 0 aromatic carbocycles. The molecule has 0 atom stereocenters. The van der Waals surface area contributed by atoms with Crippen molar-refractivity contribution in [1.29, 1.82) is 5.41 Å². The topological polar surface area (TPSA) is 109 Å². The molecule has 0 saturated heterocycles. The van der Waals surface area contributed by atoms with Gasteiger partial charge >= 0.3 is 6.18 Å². The smallest absolute Gasteiger partial charge is 0.299 e. The van der Waals surface area contributed by atoms with Gasteiger partial charge in [0.05, 0.1) is 42.6 Å². The van der Waals surface area contributed by atoms with Crippen LogP contribution >= 0.6 is 11.6 Å². The van der Waals surface area contributed by atoms with E-state index < -0.39 is 45.6 Å². The molecule has 1 N–H and O–H groups in total. The number of anilines is 1. The lowest BCUT2D eigenvalue weighted by Crippen LogP contribution is -2.40. The van der Waals surface area contributed by atoms with Crippen LogP contribution in [0.2, 0.25) is 5.15 Å². The van der Waals surface area contributed by atoms with Crippen molar-refractivity contribution in [2.75, 3.05) is 23.0 Å². The number of pyridine rings is 1. The summed E-state index contributed by atoms with van der Waals surface area (Å²) >= 11 is 6.08. The van der Waals surface area contributed by atoms with Crippen LogP contribution in [0.5, 0.6) is 0 Å². The van der Waals surface area contributed by atoms with E-state index in [0.717, 1.165) is 4.90 Å². The van der Waals surface area contributed by atoms with Crippen molar-refractivity contribution in [1.82, 2.24) is 14.8 Å². The molecule has 13 heteroatoms. The van der Waals surface area contributed by atoms with Crippen molar-refractivity contribution in [2.45, 2.75) is 12.6 Å². The number of amides is 1. The van der Waals surface area contributed by atoms with E-state index in [1.54, 1.807) is 12.1 Å². The quantitative estimate of drug-likeness (QED) is 0.479. The van der Waals surface area contributed by atoms with E-state index in [9.17, 15) is 26.4 Å². The van der Waals surface area contributed by atoms with Crippen molar-refractivity contribution in [3.8, 4) is 18.0 Å². The molecule has 30 heavy (non-hydrogen) atoms. The van der Waals surface area contributed by atoms with Gasteiger partial charge in [0.2, 0.25) is 0 Å². The maximum absolute atomic E-state index is 12.6. The van der Waals surface area contributed by atoms with Crippen molar-refractivity contribution in [3.63, 3.8) is 0 Å². The molecule has 160 valence electrons. The first-order valence-corrected chi connectivity index (χ1v) is 10.4. The van der Waals surface area contributed by atoms with Gasteiger partial charge < -0.3 is 0 Å². The average Bonchev–Trinajstić information content (AvgIpc) is 3.05. The minimum atomic E-state index is -4.68. The predicted octanol–water partition coefficient (Wildman–Crippen LogP) is 2.27. The van der Waals surface area contributed by atoms with Gasteiger partial charge in [-0.1, -0.05) is 17.5 Å². The maximum atomic E-state index is 12.6. The van der Waals surface area contributed by atoms with Gasteiger partial charge in [-0.05, 0) is 12.1 Å². The van der Waals surface area contributed by atoms with Crippen LogP contribution in [0.1, 0.15) is 6.42 Å². The molecule has 8 nitrogen and oxygen atoms in total. The number of terminal acetylenes is 1. The zero-order valence-electron chi connectivity index (χ0n) is 15.2. The molecular formula is C17H15ClF3N5O3S. The SMILES string of the molecule is C#CCN(C(=O)C(=N)CS(=O)(=O)CCC(F)(F)F)c1cn(-c2cccnc2)nc1Cl. The third-order valence-electron chi connectivity index (χ3n) is 3.67. The number of hydrogen-bond donors (Lipinski definition) is 1. The number of alkyl halides is 3. The third-order valence-corrected chi connectivity index (χ3v) is 5.49. The Morgan fingerprint density at radius 1 is 1.40 bits per heavy atom. The highest BCUT2D eigenvalue weighted by Gasteiger charge is 2.32. The van der Waals surface area contributed by atoms with Gasteiger partial charge in [0.25, 0.3) is 5.91 Å². The van der Waals surface area contributed by atoms with Gasteiger partial charge in [-0.15, -0.1) is 6.42 Å². The maximum Gasteiger partial charge on any atom is 0.390 e. The fourth-order valence-electron chi connectivity index (χ4n) is 2.29. The fourth-order valence-corrected chi connectivity index (χ4v) is 3.77. The van der Waals surface area contributed by atoms with E-state index in [4.69, 9.17) is 23.4 Å². The van der Waals surface area contributed by atoms with E-state index in [1.807, 2.05) is 0 Å². The minimum absolute atomic E-state index is 0.000842. The Bertz CT molecular complexity index is 1080. The summed E-state index contributed by atoms with van der Waals surface area (Å²) in [5, 5.41) is 11.6. The van der Waals surface area contributed by atoms with Gasteiger partial charge in [-0.2, -0.15) is 18.3 Å². The van der Waals surface area contributed by atoms with E-state index >= 15 is 0 Å². The van der Waals surface area contributed by atoms with Crippen LogP contribution in [-0.4, -0.2) is 59.0 Å². The van der Waals surface area contributed by atoms with Crippen molar-refractivity contribution in [3.05, 3.63) is 35.9 Å². The second-order valence-corrected chi connectivity index (χ2v) is 8.53. The lowest BCUT2D eigenvalue weighted by Gasteiger charge is -2.19. The largest absolute Gasteiger partial charge is 0.390 e. The molecule has 2 aromatic heterocycles. The van der Waals surface area contributed by atoms with E-state index in [0.29, 0.717) is 5.69 Å². The van der Waals surface area contributed by atoms with Crippen molar-refractivity contribution >= 4 is 38.7 Å². The number of rotatable bonds is 8. The lowest BCUT2D eigenvalue weighted by atomic mass is 10.3. The Balaban J connectivity index is 2.24. The van der Waals surface area contributed by atoms with E-state index in [2.05, 4.69) is 16.0 Å². The van der Waals surface area contributed by atoms with Crippen LogP contribution in [0, 0.1) is 17.8 Å². The summed E-state index contributed by atoms with van der Waals surface area (Å²) < 4.78 is 61.8. The Morgan fingerprint density at radius 2 is 2.10 bits per heavy atom. The summed E-state index contributed by atoms with van der Waals surface area (Å²) in [6, 6.07) is 3.29. The first-order valence-electron chi connectivity index (χ1n) is 8.19. The van der Waals surface area contributed by atoms with Crippen LogP contribution < -0.4 is 4.90 Å². The summed E-state index contributed by atoms with van der Waals surface area (Å²) in [5.74, 6) is -1.33. The zero-order chi connectivity index (χ0) is 22.5. The fraction of sp³-hybridized carbons (Fsp3) is 0.294. The number of aromatic nitrogens is 3. The number of hydrogen-bond acceptors (Lipinski definition) is 6. The molecule has 0 bridgehead atoms. The highest BCUT2D eigenvalue weighted by atomic mass is 35.5. The van der Waals surface area contributed by atoms with E-state index in [1.165, 1.54) is 23.3 Å². The molecule has 0 aliphatic carbocycles. The molecule has 0 spiro atoms. The predicted molar refractivity (Wildman–Crippen MR) is 105 cm³/mol. The van der Waals surface area contributed by atoms with Crippen LogP contribution in [0.4, 0.5) is 18.9 Å². The number of carbonyl (C=O) groups is 1. The summed E-state index contributed by atoms with van der Waals surface area (Å²) in [4.78, 5) is 17.4.